The highest BCUT2D eigenvalue weighted by atomic mass is 16.5. The van der Waals surface area contributed by atoms with Crippen LogP contribution in [-0.2, 0) is 4.79 Å². The van der Waals surface area contributed by atoms with Crippen molar-refractivity contribution < 1.29 is 9.53 Å². The molecule has 2 heterocycles. The highest BCUT2D eigenvalue weighted by Gasteiger charge is 2.28. The van der Waals surface area contributed by atoms with Crippen LogP contribution in [-0.4, -0.2) is 79.6 Å². The average Bonchev–Trinajstić information content (AvgIpc) is 2.63. The Balaban J connectivity index is 1.38. The van der Waals surface area contributed by atoms with E-state index < -0.39 is 0 Å². The van der Waals surface area contributed by atoms with Crippen LogP contribution in [0.25, 0.3) is 0 Å². The van der Waals surface area contributed by atoms with E-state index in [9.17, 15) is 4.79 Å². The predicted molar refractivity (Wildman–Crippen MR) is 99.8 cm³/mol. The van der Waals surface area contributed by atoms with Crippen molar-refractivity contribution in [1.29, 1.82) is 0 Å². The number of likely N-dealkylation sites (tertiary alicyclic amines) is 1. The number of nitrogens with zero attached hydrogens (tertiary/aromatic N) is 3. The smallest absolute Gasteiger partial charge is 0.260 e. The van der Waals surface area contributed by atoms with E-state index in [1.807, 2.05) is 35.2 Å². The second-order valence-electron chi connectivity index (χ2n) is 7.53. The lowest BCUT2D eigenvalue weighted by Crippen LogP contribution is -2.52. The summed E-state index contributed by atoms with van der Waals surface area (Å²) in [6.07, 6.45) is 2.21. The SMILES string of the molecule is C[C@H]1CN(C)CCN1CC1CCN(C(=O)COc2ccccc2)CC1. The molecule has 1 atom stereocenters. The predicted octanol–water partition coefficient (Wildman–Crippen LogP) is 1.94. The van der Waals surface area contributed by atoms with E-state index in [0.717, 1.165) is 38.2 Å². The van der Waals surface area contributed by atoms with Crippen molar-refractivity contribution in [2.45, 2.75) is 25.8 Å². The van der Waals surface area contributed by atoms with E-state index in [0.29, 0.717) is 12.0 Å². The zero-order chi connectivity index (χ0) is 17.6. The number of rotatable bonds is 5. The van der Waals surface area contributed by atoms with Gasteiger partial charge in [0.05, 0.1) is 0 Å². The van der Waals surface area contributed by atoms with E-state index >= 15 is 0 Å². The number of para-hydroxylation sites is 1. The summed E-state index contributed by atoms with van der Waals surface area (Å²) in [5.74, 6) is 1.58. The normalized spacial score (nSPS) is 23.6. The molecule has 0 bridgehead atoms. The monoisotopic (exact) mass is 345 g/mol. The Bertz CT molecular complexity index is 543. The molecule has 0 aromatic heterocycles. The minimum Gasteiger partial charge on any atom is -0.484 e. The van der Waals surface area contributed by atoms with Gasteiger partial charge in [0, 0.05) is 45.3 Å². The van der Waals surface area contributed by atoms with Crippen molar-refractivity contribution in [3.05, 3.63) is 30.3 Å². The van der Waals surface area contributed by atoms with Gasteiger partial charge in [-0.25, -0.2) is 0 Å². The van der Waals surface area contributed by atoms with Gasteiger partial charge < -0.3 is 14.5 Å². The fraction of sp³-hybridized carbons (Fsp3) is 0.650. The average molecular weight is 345 g/mol. The molecule has 3 rings (SSSR count). The molecule has 1 amide bonds. The fourth-order valence-corrected chi connectivity index (χ4v) is 3.90. The van der Waals surface area contributed by atoms with Crippen molar-refractivity contribution in [3.63, 3.8) is 0 Å². The van der Waals surface area contributed by atoms with Crippen LogP contribution in [0.3, 0.4) is 0 Å². The second-order valence-corrected chi connectivity index (χ2v) is 7.53. The second kappa shape index (κ2) is 8.68. The number of carbonyl (C=O) groups is 1. The van der Waals surface area contributed by atoms with E-state index in [4.69, 9.17) is 4.74 Å². The van der Waals surface area contributed by atoms with Gasteiger partial charge in [-0.1, -0.05) is 18.2 Å². The third-order valence-corrected chi connectivity index (χ3v) is 5.53. The van der Waals surface area contributed by atoms with Crippen LogP contribution in [0.2, 0.25) is 0 Å². The molecule has 138 valence electrons. The van der Waals surface area contributed by atoms with Crippen molar-refractivity contribution >= 4 is 5.91 Å². The van der Waals surface area contributed by atoms with Crippen molar-refractivity contribution in [2.75, 3.05) is 52.9 Å². The number of carbonyl (C=O) groups excluding carboxylic acids is 1. The van der Waals surface area contributed by atoms with Crippen LogP contribution in [0.5, 0.6) is 5.75 Å². The Labute approximate surface area is 151 Å². The van der Waals surface area contributed by atoms with Gasteiger partial charge in [-0.3, -0.25) is 9.69 Å². The Morgan fingerprint density at radius 1 is 1.12 bits per heavy atom. The van der Waals surface area contributed by atoms with Gasteiger partial charge in [0.25, 0.3) is 5.91 Å². The van der Waals surface area contributed by atoms with E-state index in [-0.39, 0.29) is 12.5 Å². The molecule has 2 saturated heterocycles. The summed E-state index contributed by atoms with van der Waals surface area (Å²) in [6.45, 7) is 8.87. The Morgan fingerprint density at radius 2 is 1.84 bits per heavy atom. The van der Waals surface area contributed by atoms with E-state index in [1.54, 1.807) is 0 Å². The molecule has 1 aromatic carbocycles. The van der Waals surface area contributed by atoms with Gasteiger partial charge in [0.15, 0.2) is 6.61 Å². The molecular formula is C20H31N3O2. The molecule has 0 spiro atoms. The fourth-order valence-electron chi connectivity index (χ4n) is 3.90. The molecule has 0 unspecified atom stereocenters. The molecule has 0 saturated carbocycles. The van der Waals surface area contributed by atoms with Crippen LogP contribution >= 0.6 is 0 Å². The molecule has 25 heavy (non-hydrogen) atoms. The van der Waals surface area contributed by atoms with Crippen LogP contribution in [0.4, 0.5) is 0 Å². The standard InChI is InChI=1S/C20H31N3O2/c1-17-14-21(2)12-13-23(17)15-18-8-10-22(11-9-18)20(24)16-25-19-6-4-3-5-7-19/h3-7,17-18H,8-16H2,1-2H3/t17-/m0/s1. The maximum Gasteiger partial charge on any atom is 0.260 e. The number of piperazine rings is 1. The van der Waals surface area contributed by atoms with Crippen molar-refractivity contribution in [2.24, 2.45) is 5.92 Å². The first-order valence-corrected chi connectivity index (χ1v) is 9.50. The van der Waals surface area contributed by atoms with E-state index in [1.165, 1.54) is 19.6 Å². The number of benzene rings is 1. The zero-order valence-corrected chi connectivity index (χ0v) is 15.6. The first kappa shape index (κ1) is 18.2. The number of likely N-dealkylation sites (N-methyl/N-ethyl adjacent to an activating group) is 1. The molecule has 2 aliphatic heterocycles. The topological polar surface area (TPSA) is 36.0 Å². The highest BCUT2D eigenvalue weighted by Crippen LogP contribution is 2.21. The number of ether oxygens (including phenoxy) is 1. The lowest BCUT2D eigenvalue weighted by atomic mass is 9.95. The summed E-state index contributed by atoms with van der Waals surface area (Å²) in [5, 5.41) is 0. The quantitative estimate of drug-likeness (QED) is 0.817. The van der Waals surface area contributed by atoms with Gasteiger partial charge in [-0.05, 0) is 44.9 Å². The summed E-state index contributed by atoms with van der Waals surface area (Å²) in [6, 6.07) is 10.2. The van der Waals surface area contributed by atoms with Crippen LogP contribution in [0.15, 0.2) is 30.3 Å². The number of hydrogen-bond acceptors (Lipinski definition) is 4. The Kier molecular flexibility index (Phi) is 6.32. The Hall–Kier alpha value is -1.59. The first-order chi connectivity index (χ1) is 12.1. The number of hydrogen-bond donors (Lipinski definition) is 0. The lowest BCUT2D eigenvalue weighted by molar-refractivity contribution is -0.134. The number of amides is 1. The molecule has 2 aliphatic rings. The molecule has 1 aromatic rings. The maximum absolute atomic E-state index is 12.3. The minimum atomic E-state index is 0.107. The molecule has 2 fully saturated rings. The van der Waals surface area contributed by atoms with Crippen LogP contribution < -0.4 is 4.74 Å². The first-order valence-electron chi connectivity index (χ1n) is 9.50. The molecule has 0 N–H and O–H groups in total. The summed E-state index contributed by atoms with van der Waals surface area (Å²) >= 11 is 0. The highest BCUT2D eigenvalue weighted by molar-refractivity contribution is 5.77. The molecule has 5 nitrogen and oxygen atoms in total. The zero-order valence-electron chi connectivity index (χ0n) is 15.6. The van der Waals surface area contributed by atoms with Gasteiger partial charge in [0.2, 0.25) is 0 Å². The van der Waals surface area contributed by atoms with Gasteiger partial charge in [0.1, 0.15) is 5.75 Å². The lowest BCUT2D eigenvalue weighted by Gasteiger charge is -2.41. The van der Waals surface area contributed by atoms with Crippen molar-refractivity contribution in [3.8, 4) is 5.75 Å². The third kappa shape index (κ3) is 5.19. The molecule has 0 radical (unpaired) electrons. The summed E-state index contributed by atoms with van der Waals surface area (Å²) in [4.78, 5) is 19.3. The van der Waals surface area contributed by atoms with Gasteiger partial charge in [-0.15, -0.1) is 0 Å². The van der Waals surface area contributed by atoms with Crippen LogP contribution in [0.1, 0.15) is 19.8 Å². The van der Waals surface area contributed by atoms with Gasteiger partial charge >= 0.3 is 0 Å². The van der Waals surface area contributed by atoms with Crippen LogP contribution in [0, 0.1) is 5.92 Å². The van der Waals surface area contributed by atoms with E-state index in [2.05, 4.69) is 23.8 Å². The molecule has 5 heteroatoms. The van der Waals surface area contributed by atoms with Gasteiger partial charge in [-0.2, -0.15) is 0 Å². The largest absolute Gasteiger partial charge is 0.484 e. The summed E-state index contributed by atoms with van der Waals surface area (Å²) in [5.41, 5.74) is 0. The third-order valence-electron chi connectivity index (χ3n) is 5.53. The summed E-state index contributed by atoms with van der Waals surface area (Å²) in [7, 11) is 2.20. The van der Waals surface area contributed by atoms with Crippen molar-refractivity contribution in [1.82, 2.24) is 14.7 Å². The minimum absolute atomic E-state index is 0.107. The molecule has 0 aliphatic carbocycles. The maximum atomic E-state index is 12.3. The Morgan fingerprint density at radius 3 is 2.52 bits per heavy atom. The summed E-state index contributed by atoms with van der Waals surface area (Å²) < 4.78 is 5.59. The molecular weight excluding hydrogens is 314 g/mol. The number of piperidine rings is 1.